The summed E-state index contributed by atoms with van der Waals surface area (Å²) < 4.78 is 1.93. The summed E-state index contributed by atoms with van der Waals surface area (Å²) in [5, 5.41) is 12.4. The minimum Gasteiger partial charge on any atom is -0.394 e. The molecule has 1 aliphatic heterocycles. The standard InChI is InChI=1S/C17H22N4O2/c1-13(19-17(23)21-8-3-6-16(21)11-22)14-4-2-5-15(10-14)20-9-7-18-12-20/h2,4-5,7,9-10,12-13,16,22H,3,6,8,11H2,1H3,(H,19,23)/t13?,16-/m1/s1. The van der Waals surface area contributed by atoms with Crippen LogP contribution in [-0.2, 0) is 0 Å². The van der Waals surface area contributed by atoms with Gasteiger partial charge < -0.3 is 19.9 Å². The molecule has 0 bridgehead atoms. The lowest BCUT2D eigenvalue weighted by atomic mass is 10.1. The fourth-order valence-corrected chi connectivity index (χ4v) is 3.01. The Morgan fingerprint density at radius 1 is 1.52 bits per heavy atom. The van der Waals surface area contributed by atoms with E-state index >= 15 is 0 Å². The number of carbonyl (C=O) groups is 1. The summed E-state index contributed by atoms with van der Waals surface area (Å²) >= 11 is 0. The molecule has 3 rings (SSSR count). The second-order valence-corrected chi connectivity index (χ2v) is 5.91. The van der Waals surface area contributed by atoms with Crippen LogP contribution in [-0.4, -0.2) is 44.8 Å². The van der Waals surface area contributed by atoms with Crippen LogP contribution in [0.3, 0.4) is 0 Å². The number of benzene rings is 1. The second-order valence-electron chi connectivity index (χ2n) is 5.91. The number of nitrogens with one attached hydrogen (secondary N) is 1. The number of nitrogens with zero attached hydrogens (tertiary/aromatic N) is 3. The van der Waals surface area contributed by atoms with Gasteiger partial charge in [0.2, 0.25) is 0 Å². The highest BCUT2D eigenvalue weighted by Crippen LogP contribution is 2.20. The predicted molar refractivity (Wildman–Crippen MR) is 87.3 cm³/mol. The van der Waals surface area contributed by atoms with Crippen LogP contribution in [0.25, 0.3) is 5.69 Å². The van der Waals surface area contributed by atoms with Crippen LogP contribution >= 0.6 is 0 Å². The van der Waals surface area contributed by atoms with E-state index < -0.39 is 0 Å². The summed E-state index contributed by atoms with van der Waals surface area (Å²) in [6.07, 6.45) is 7.19. The van der Waals surface area contributed by atoms with Gasteiger partial charge in [0, 0.05) is 24.6 Å². The van der Waals surface area contributed by atoms with Crippen LogP contribution < -0.4 is 5.32 Å². The van der Waals surface area contributed by atoms with Crippen LogP contribution in [0.15, 0.2) is 43.0 Å². The average molecular weight is 314 g/mol. The average Bonchev–Trinajstić information content (AvgIpc) is 3.26. The van der Waals surface area contributed by atoms with Gasteiger partial charge in [-0.3, -0.25) is 0 Å². The number of imidazole rings is 1. The number of hydrogen-bond donors (Lipinski definition) is 2. The maximum absolute atomic E-state index is 12.4. The number of aliphatic hydroxyl groups excluding tert-OH is 1. The van der Waals surface area contributed by atoms with Crippen LogP contribution in [0.4, 0.5) is 4.79 Å². The largest absolute Gasteiger partial charge is 0.394 e. The van der Waals surface area contributed by atoms with Crippen molar-refractivity contribution in [3.63, 3.8) is 0 Å². The molecule has 2 heterocycles. The van der Waals surface area contributed by atoms with Crippen molar-refractivity contribution in [3.8, 4) is 5.69 Å². The Kier molecular flexibility index (Phi) is 4.62. The SMILES string of the molecule is CC(NC(=O)N1CCC[C@@H]1CO)c1cccc(-n2ccnc2)c1. The maximum Gasteiger partial charge on any atom is 0.318 e. The van der Waals surface area contributed by atoms with Crippen LogP contribution in [0.1, 0.15) is 31.4 Å². The van der Waals surface area contributed by atoms with Crippen molar-refractivity contribution in [2.24, 2.45) is 0 Å². The van der Waals surface area contributed by atoms with E-state index in [1.54, 1.807) is 17.4 Å². The van der Waals surface area contributed by atoms with E-state index in [2.05, 4.69) is 10.3 Å². The Hall–Kier alpha value is -2.34. The van der Waals surface area contributed by atoms with Gasteiger partial charge in [0.15, 0.2) is 0 Å². The third-order valence-electron chi connectivity index (χ3n) is 4.36. The zero-order chi connectivity index (χ0) is 16.2. The molecule has 1 aromatic heterocycles. The molecule has 0 aliphatic carbocycles. The zero-order valence-corrected chi connectivity index (χ0v) is 13.2. The third-order valence-corrected chi connectivity index (χ3v) is 4.36. The Balaban J connectivity index is 1.70. The van der Waals surface area contributed by atoms with Gasteiger partial charge >= 0.3 is 6.03 Å². The number of urea groups is 1. The summed E-state index contributed by atoms with van der Waals surface area (Å²) in [4.78, 5) is 18.2. The van der Waals surface area contributed by atoms with E-state index in [0.717, 1.165) is 24.1 Å². The predicted octanol–water partition coefficient (Wildman–Crippen LogP) is 2.10. The number of carbonyl (C=O) groups excluding carboxylic acids is 1. The molecule has 122 valence electrons. The third kappa shape index (κ3) is 3.37. The van der Waals surface area contributed by atoms with E-state index in [-0.39, 0.29) is 24.7 Å². The number of amides is 2. The summed E-state index contributed by atoms with van der Waals surface area (Å²) in [7, 11) is 0. The first-order valence-electron chi connectivity index (χ1n) is 7.95. The van der Waals surface area contributed by atoms with Gasteiger partial charge in [-0.15, -0.1) is 0 Å². The molecule has 1 saturated heterocycles. The maximum atomic E-state index is 12.4. The van der Waals surface area contributed by atoms with E-state index in [9.17, 15) is 9.90 Å². The quantitative estimate of drug-likeness (QED) is 0.908. The van der Waals surface area contributed by atoms with Crippen molar-refractivity contribution in [1.82, 2.24) is 19.8 Å². The molecule has 2 N–H and O–H groups in total. The van der Waals surface area contributed by atoms with Crippen molar-refractivity contribution in [2.75, 3.05) is 13.2 Å². The lowest BCUT2D eigenvalue weighted by molar-refractivity contribution is 0.155. The topological polar surface area (TPSA) is 70.4 Å². The highest BCUT2D eigenvalue weighted by molar-refractivity contribution is 5.75. The second kappa shape index (κ2) is 6.83. The summed E-state index contributed by atoms with van der Waals surface area (Å²) in [6, 6.07) is 7.74. The molecule has 2 amide bonds. The van der Waals surface area contributed by atoms with Crippen LogP contribution in [0, 0.1) is 0 Å². The van der Waals surface area contributed by atoms with Gasteiger partial charge in [0.1, 0.15) is 0 Å². The lowest BCUT2D eigenvalue weighted by Gasteiger charge is -2.26. The van der Waals surface area contributed by atoms with E-state index in [4.69, 9.17) is 0 Å². The molecule has 2 atom stereocenters. The molecule has 23 heavy (non-hydrogen) atoms. The minimum absolute atomic E-state index is 0.0257. The molecule has 1 aromatic carbocycles. The number of aromatic nitrogens is 2. The van der Waals surface area contributed by atoms with Crippen molar-refractivity contribution in [1.29, 1.82) is 0 Å². The fourth-order valence-electron chi connectivity index (χ4n) is 3.01. The Bertz CT molecular complexity index is 656. The summed E-state index contributed by atoms with van der Waals surface area (Å²) in [5.41, 5.74) is 2.04. The Labute approximate surface area is 135 Å². The van der Waals surface area contributed by atoms with Crippen molar-refractivity contribution in [2.45, 2.75) is 31.8 Å². The fraction of sp³-hybridized carbons (Fsp3) is 0.412. The molecule has 1 fully saturated rings. The highest BCUT2D eigenvalue weighted by Gasteiger charge is 2.28. The molecule has 0 saturated carbocycles. The molecule has 2 aromatic rings. The monoisotopic (exact) mass is 314 g/mol. The molecule has 1 aliphatic rings. The molecule has 0 radical (unpaired) electrons. The molecule has 6 heteroatoms. The normalized spacial score (nSPS) is 18.9. The Morgan fingerprint density at radius 3 is 3.13 bits per heavy atom. The van der Waals surface area contributed by atoms with Crippen molar-refractivity contribution < 1.29 is 9.90 Å². The zero-order valence-electron chi connectivity index (χ0n) is 13.2. The molecule has 0 spiro atoms. The van der Waals surface area contributed by atoms with E-state index in [0.29, 0.717) is 6.54 Å². The van der Waals surface area contributed by atoms with Crippen molar-refractivity contribution >= 4 is 6.03 Å². The summed E-state index contributed by atoms with van der Waals surface area (Å²) in [5.74, 6) is 0. The van der Waals surface area contributed by atoms with Crippen LogP contribution in [0.2, 0.25) is 0 Å². The Morgan fingerprint density at radius 2 is 2.39 bits per heavy atom. The summed E-state index contributed by atoms with van der Waals surface area (Å²) in [6.45, 7) is 2.70. The molecule has 1 unspecified atom stereocenters. The molecular formula is C17H22N4O2. The number of aliphatic hydroxyl groups is 1. The first-order chi connectivity index (χ1) is 11.2. The lowest BCUT2D eigenvalue weighted by Crippen LogP contribution is -2.44. The van der Waals surface area contributed by atoms with E-state index in [1.807, 2.05) is 42.0 Å². The van der Waals surface area contributed by atoms with Gasteiger partial charge in [0.25, 0.3) is 0 Å². The highest BCUT2D eigenvalue weighted by atomic mass is 16.3. The smallest absolute Gasteiger partial charge is 0.318 e. The molecule has 6 nitrogen and oxygen atoms in total. The minimum atomic E-state index is -0.109. The van der Waals surface area contributed by atoms with Gasteiger partial charge in [-0.25, -0.2) is 9.78 Å². The first kappa shape index (κ1) is 15.6. The number of hydrogen-bond acceptors (Lipinski definition) is 3. The molecular weight excluding hydrogens is 292 g/mol. The van der Waals surface area contributed by atoms with Crippen LogP contribution in [0.5, 0.6) is 0 Å². The van der Waals surface area contributed by atoms with Gasteiger partial charge in [-0.1, -0.05) is 12.1 Å². The van der Waals surface area contributed by atoms with Gasteiger partial charge in [0.05, 0.1) is 25.0 Å². The number of rotatable bonds is 4. The van der Waals surface area contributed by atoms with Crippen molar-refractivity contribution in [3.05, 3.63) is 48.5 Å². The number of likely N-dealkylation sites (tertiary alicyclic amines) is 1. The van der Waals surface area contributed by atoms with Gasteiger partial charge in [-0.05, 0) is 37.5 Å². The van der Waals surface area contributed by atoms with E-state index in [1.165, 1.54) is 0 Å². The first-order valence-corrected chi connectivity index (χ1v) is 7.95. The van der Waals surface area contributed by atoms with Gasteiger partial charge in [-0.2, -0.15) is 0 Å².